The van der Waals surface area contributed by atoms with Crippen molar-refractivity contribution in [1.82, 2.24) is 4.57 Å². The minimum absolute atomic E-state index is 0.133. The van der Waals surface area contributed by atoms with E-state index >= 15 is 4.39 Å². The third-order valence-electron chi connectivity index (χ3n) is 7.62. The Bertz CT molecular complexity index is 1470. The number of aromatic nitrogens is 1. The molecule has 2 aliphatic rings. The lowest BCUT2D eigenvalue weighted by Crippen LogP contribution is -2.50. The molecular weight excluding hydrogens is 515 g/mol. The molecule has 0 saturated heterocycles. The van der Waals surface area contributed by atoms with Crippen molar-refractivity contribution < 1.29 is 42.8 Å². The van der Waals surface area contributed by atoms with Gasteiger partial charge in [0, 0.05) is 22.6 Å². The van der Waals surface area contributed by atoms with Gasteiger partial charge in [0.15, 0.2) is 11.5 Å². The highest BCUT2D eigenvalue weighted by molar-refractivity contribution is 6.39. The highest BCUT2D eigenvalue weighted by Gasteiger charge is 2.53. The zero-order chi connectivity index (χ0) is 28.5. The van der Waals surface area contributed by atoms with Gasteiger partial charge < -0.3 is 34.7 Å². The van der Waals surface area contributed by atoms with Crippen molar-refractivity contribution >= 4 is 38.2 Å². The Hall–Kier alpha value is -3.15. The number of ether oxygens (including phenoxy) is 2. The number of halogens is 3. The number of carbonyl (C=O) groups is 1. The van der Waals surface area contributed by atoms with Crippen LogP contribution in [0.4, 0.5) is 18.9 Å². The van der Waals surface area contributed by atoms with E-state index in [1.807, 2.05) is 0 Å². The van der Waals surface area contributed by atoms with Gasteiger partial charge in [0.25, 0.3) is 0 Å². The minimum atomic E-state index is -3.79. The maximum Gasteiger partial charge on any atom is 0.586 e. The standard InChI is InChI=1S/C26H25B2F3N2O6/c1-23(2,25(27,28)37)21-8-13-7-17(16(29)10-18(13)33(21)11-15(35)12-34)32-22(36)24(5-6-24)14-3-4-19-20(9-14)39-26(30,31)38-19/h3-4,7-10,15,34-35,37H,5-6,11-12H2,1-2H3,(H,32,36)/t15-/m1/s1. The summed E-state index contributed by atoms with van der Waals surface area (Å²) in [6.07, 6.45) is -4.16. The Morgan fingerprint density at radius 1 is 1.15 bits per heavy atom. The molecule has 4 radical (unpaired) electrons. The molecule has 1 aromatic heterocycles. The number of fused-ring (bicyclic) bond motifs is 2. The second-order valence-corrected chi connectivity index (χ2v) is 10.7. The van der Waals surface area contributed by atoms with E-state index in [1.54, 1.807) is 19.9 Å². The molecule has 1 aliphatic heterocycles. The van der Waals surface area contributed by atoms with Crippen molar-refractivity contribution in [3.63, 3.8) is 0 Å². The largest absolute Gasteiger partial charge is 0.586 e. The zero-order valence-corrected chi connectivity index (χ0v) is 21.2. The predicted octanol–water partition coefficient (Wildman–Crippen LogP) is 2.39. The maximum absolute atomic E-state index is 15.3. The van der Waals surface area contributed by atoms with Gasteiger partial charge in [-0.1, -0.05) is 19.9 Å². The third kappa shape index (κ3) is 4.66. The number of amides is 1. The first-order valence-corrected chi connectivity index (χ1v) is 12.2. The van der Waals surface area contributed by atoms with Crippen LogP contribution in [0.15, 0.2) is 36.4 Å². The van der Waals surface area contributed by atoms with Gasteiger partial charge in [-0.2, -0.15) is 0 Å². The lowest BCUT2D eigenvalue weighted by atomic mass is 9.51. The summed E-state index contributed by atoms with van der Waals surface area (Å²) in [6, 6.07) is 8.27. The molecular formula is C26H25B2F3N2O6. The molecule has 5 rings (SSSR count). The zero-order valence-electron chi connectivity index (χ0n) is 21.2. The molecule has 39 heavy (non-hydrogen) atoms. The Balaban J connectivity index is 1.49. The Kier molecular flexibility index (Phi) is 6.28. The summed E-state index contributed by atoms with van der Waals surface area (Å²) in [6.45, 7) is 2.43. The van der Waals surface area contributed by atoms with Crippen LogP contribution >= 0.6 is 0 Å². The van der Waals surface area contributed by atoms with Crippen LogP contribution in [0.5, 0.6) is 11.5 Å². The number of hydrogen-bond acceptors (Lipinski definition) is 6. The smallest absolute Gasteiger partial charge is 0.408 e. The fraction of sp³-hybridized carbons (Fsp3) is 0.423. The number of aliphatic hydroxyl groups excluding tert-OH is 2. The van der Waals surface area contributed by atoms with E-state index < -0.39 is 47.0 Å². The molecule has 2 aromatic carbocycles. The quantitative estimate of drug-likeness (QED) is 0.327. The summed E-state index contributed by atoms with van der Waals surface area (Å²) in [5.41, 5.74) is -1.38. The van der Waals surface area contributed by atoms with Crippen molar-refractivity contribution in [2.24, 2.45) is 0 Å². The van der Waals surface area contributed by atoms with Gasteiger partial charge >= 0.3 is 6.29 Å². The molecule has 2 heterocycles. The molecule has 1 amide bonds. The van der Waals surface area contributed by atoms with Crippen LogP contribution in [0.3, 0.4) is 0 Å². The summed E-state index contributed by atoms with van der Waals surface area (Å²) in [5.74, 6) is -1.64. The van der Waals surface area contributed by atoms with Crippen LogP contribution in [0.1, 0.15) is 37.9 Å². The van der Waals surface area contributed by atoms with E-state index in [0.29, 0.717) is 35.0 Å². The molecule has 1 atom stereocenters. The summed E-state index contributed by atoms with van der Waals surface area (Å²) in [4.78, 5) is 13.3. The number of nitrogens with one attached hydrogen (secondary N) is 1. The second kappa shape index (κ2) is 8.94. The molecule has 13 heteroatoms. The molecule has 202 valence electrons. The van der Waals surface area contributed by atoms with Crippen LogP contribution in [-0.2, 0) is 22.2 Å². The number of benzene rings is 2. The molecule has 0 spiro atoms. The third-order valence-corrected chi connectivity index (χ3v) is 7.62. The number of aliphatic hydroxyl groups is 3. The lowest BCUT2D eigenvalue weighted by molar-refractivity contribution is -0.286. The minimum Gasteiger partial charge on any atom is -0.408 e. The van der Waals surface area contributed by atoms with Crippen LogP contribution in [0.25, 0.3) is 10.9 Å². The highest BCUT2D eigenvalue weighted by Crippen LogP contribution is 2.52. The molecule has 8 nitrogen and oxygen atoms in total. The van der Waals surface area contributed by atoms with Crippen molar-refractivity contribution in [3.05, 3.63) is 53.5 Å². The van der Waals surface area contributed by atoms with Crippen molar-refractivity contribution in [2.75, 3.05) is 11.9 Å². The van der Waals surface area contributed by atoms with Crippen molar-refractivity contribution in [3.8, 4) is 11.5 Å². The summed E-state index contributed by atoms with van der Waals surface area (Å²) in [7, 11) is 11.6. The fourth-order valence-corrected chi connectivity index (χ4v) is 4.83. The first kappa shape index (κ1) is 27.4. The van der Waals surface area contributed by atoms with E-state index in [4.69, 9.17) is 15.7 Å². The number of rotatable bonds is 8. The fourth-order valence-electron chi connectivity index (χ4n) is 4.83. The SMILES string of the molecule is [B]C([B])(O)C(C)(C)c1cc2cc(NC(=O)C3(c4ccc5c(c4)OC(F)(F)O5)CC3)c(F)cc2n1C[C@@H](O)CO. The molecule has 4 N–H and O–H groups in total. The number of alkyl halides is 2. The molecule has 1 fully saturated rings. The van der Waals surface area contributed by atoms with Gasteiger partial charge in [-0.15, -0.1) is 8.78 Å². The first-order chi connectivity index (χ1) is 18.1. The van der Waals surface area contributed by atoms with Crippen LogP contribution in [0.2, 0.25) is 0 Å². The van der Waals surface area contributed by atoms with Crippen LogP contribution in [0, 0.1) is 5.82 Å². The van der Waals surface area contributed by atoms with Gasteiger partial charge in [-0.05, 0) is 48.1 Å². The van der Waals surface area contributed by atoms with Crippen LogP contribution < -0.4 is 14.8 Å². The predicted molar refractivity (Wildman–Crippen MR) is 137 cm³/mol. The number of anilines is 1. The van der Waals surface area contributed by atoms with Gasteiger partial charge in [0.05, 0.1) is 35.9 Å². The summed E-state index contributed by atoms with van der Waals surface area (Å²) < 4.78 is 52.6. The summed E-state index contributed by atoms with van der Waals surface area (Å²) in [5, 5.41) is 30.7. The van der Waals surface area contributed by atoms with E-state index in [9.17, 15) is 28.9 Å². The molecule has 1 saturated carbocycles. The first-order valence-electron chi connectivity index (χ1n) is 12.2. The van der Waals surface area contributed by atoms with Gasteiger partial charge in [0.2, 0.25) is 5.91 Å². The molecule has 1 aliphatic carbocycles. The monoisotopic (exact) mass is 540 g/mol. The van der Waals surface area contributed by atoms with Gasteiger partial charge in [0.1, 0.15) is 21.5 Å². The van der Waals surface area contributed by atoms with Crippen molar-refractivity contribution in [1.29, 1.82) is 0 Å². The number of carbonyl (C=O) groups excluding carboxylic acids is 1. The van der Waals surface area contributed by atoms with Gasteiger partial charge in [-0.25, -0.2) is 4.39 Å². The van der Waals surface area contributed by atoms with E-state index in [1.165, 1.54) is 28.8 Å². The Morgan fingerprint density at radius 3 is 2.44 bits per heavy atom. The molecule has 3 aromatic rings. The normalized spacial score (nSPS) is 18.3. The Morgan fingerprint density at radius 2 is 1.82 bits per heavy atom. The Labute approximate surface area is 224 Å². The highest BCUT2D eigenvalue weighted by atomic mass is 19.3. The van der Waals surface area contributed by atoms with Crippen molar-refractivity contribution in [2.45, 2.75) is 61.9 Å². The number of hydrogen-bond donors (Lipinski definition) is 4. The van der Waals surface area contributed by atoms with E-state index in [2.05, 4.69) is 14.8 Å². The average molecular weight is 540 g/mol. The second-order valence-electron chi connectivity index (χ2n) is 10.7. The van der Waals surface area contributed by atoms with Crippen LogP contribution in [-0.4, -0.2) is 65.9 Å². The van der Waals surface area contributed by atoms with Gasteiger partial charge in [-0.3, -0.25) is 4.79 Å². The average Bonchev–Trinajstić information content (AvgIpc) is 3.49. The summed E-state index contributed by atoms with van der Waals surface area (Å²) >= 11 is 0. The van der Waals surface area contributed by atoms with E-state index in [0.717, 1.165) is 6.07 Å². The number of nitrogens with zero attached hydrogens (tertiary/aromatic N) is 1. The maximum atomic E-state index is 15.3. The van der Waals surface area contributed by atoms with E-state index in [-0.39, 0.29) is 23.7 Å². The molecule has 0 bridgehead atoms. The topological polar surface area (TPSA) is 113 Å². The molecule has 0 unspecified atom stereocenters. The lowest BCUT2D eigenvalue weighted by Gasteiger charge is -2.39.